The van der Waals surface area contributed by atoms with E-state index in [0.29, 0.717) is 17.0 Å². The van der Waals surface area contributed by atoms with Gasteiger partial charge in [-0.3, -0.25) is 18.7 Å². The lowest BCUT2D eigenvalue weighted by atomic mass is 10.2. The first kappa shape index (κ1) is 21.0. The number of aromatic nitrogens is 3. The number of fused-ring (bicyclic) bond motifs is 1. The number of hydrogen-bond donors (Lipinski definition) is 1. The Kier molecular flexibility index (Phi) is 5.85. The molecule has 8 heteroatoms. The SMILES string of the molecule is COc1ccc(Cn2c(=O)c3ncccc3n(CC(=O)Nc3ccccc3C)c2=O)cc1. The van der Waals surface area contributed by atoms with Crippen molar-refractivity contribution in [2.75, 3.05) is 12.4 Å². The van der Waals surface area contributed by atoms with Crippen LogP contribution in [0.5, 0.6) is 5.75 Å². The molecule has 1 N–H and O–H groups in total. The number of aryl methyl sites for hydroxylation is 1. The van der Waals surface area contributed by atoms with Gasteiger partial charge in [0.2, 0.25) is 5.91 Å². The van der Waals surface area contributed by atoms with E-state index in [1.807, 2.05) is 25.1 Å². The number of rotatable bonds is 6. The van der Waals surface area contributed by atoms with Gasteiger partial charge >= 0.3 is 5.69 Å². The first-order valence-corrected chi connectivity index (χ1v) is 10.0. The Morgan fingerprint density at radius 3 is 2.47 bits per heavy atom. The monoisotopic (exact) mass is 430 g/mol. The molecule has 4 rings (SSSR count). The van der Waals surface area contributed by atoms with Crippen molar-refractivity contribution in [3.8, 4) is 5.75 Å². The molecule has 162 valence electrons. The molecule has 2 heterocycles. The second kappa shape index (κ2) is 8.89. The van der Waals surface area contributed by atoms with Crippen molar-refractivity contribution in [2.24, 2.45) is 0 Å². The summed E-state index contributed by atoms with van der Waals surface area (Å²) in [5.74, 6) is 0.299. The minimum absolute atomic E-state index is 0.0492. The molecule has 0 aliphatic heterocycles. The second-order valence-electron chi connectivity index (χ2n) is 7.34. The molecular weight excluding hydrogens is 408 g/mol. The molecule has 0 saturated carbocycles. The summed E-state index contributed by atoms with van der Waals surface area (Å²) in [6, 6.07) is 17.7. The quantitative estimate of drug-likeness (QED) is 0.507. The zero-order chi connectivity index (χ0) is 22.7. The van der Waals surface area contributed by atoms with E-state index in [1.54, 1.807) is 49.6 Å². The largest absolute Gasteiger partial charge is 0.497 e. The number of nitrogens with one attached hydrogen (secondary N) is 1. The van der Waals surface area contributed by atoms with Crippen LogP contribution in [0.3, 0.4) is 0 Å². The third-order valence-electron chi connectivity index (χ3n) is 5.21. The number of para-hydroxylation sites is 1. The standard InChI is InChI=1S/C24H22N4O4/c1-16-6-3-4-7-19(16)26-21(29)15-27-20-8-5-13-25-22(20)23(30)28(24(27)31)14-17-9-11-18(32-2)12-10-17/h3-13H,14-15H2,1-2H3,(H,26,29). The van der Waals surface area contributed by atoms with Crippen LogP contribution in [0.4, 0.5) is 5.69 Å². The van der Waals surface area contributed by atoms with Gasteiger partial charge in [0.1, 0.15) is 12.3 Å². The number of benzene rings is 2. The first-order valence-electron chi connectivity index (χ1n) is 10.0. The molecule has 8 nitrogen and oxygen atoms in total. The molecule has 0 radical (unpaired) electrons. The van der Waals surface area contributed by atoms with Crippen LogP contribution in [-0.4, -0.2) is 27.1 Å². The third-order valence-corrected chi connectivity index (χ3v) is 5.21. The molecular formula is C24H22N4O4. The second-order valence-corrected chi connectivity index (χ2v) is 7.34. The van der Waals surface area contributed by atoms with E-state index in [0.717, 1.165) is 15.7 Å². The molecule has 1 amide bonds. The molecule has 0 atom stereocenters. The summed E-state index contributed by atoms with van der Waals surface area (Å²) in [5.41, 5.74) is 1.68. The van der Waals surface area contributed by atoms with Crippen molar-refractivity contribution in [1.82, 2.24) is 14.1 Å². The third kappa shape index (κ3) is 4.15. The average molecular weight is 430 g/mol. The Bertz CT molecular complexity index is 1400. The van der Waals surface area contributed by atoms with Crippen LogP contribution in [0, 0.1) is 6.92 Å². The highest BCUT2D eigenvalue weighted by molar-refractivity contribution is 5.92. The topological polar surface area (TPSA) is 95.2 Å². The zero-order valence-corrected chi connectivity index (χ0v) is 17.7. The van der Waals surface area contributed by atoms with Gasteiger partial charge in [-0.1, -0.05) is 30.3 Å². The molecule has 0 saturated heterocycles. The van der Waals surface area contributed by atoms with E-state index in [2.05, 4.69) is 10.3 Å². The molecule has 0 aliphatic carbocycles. The van der Waals surface area contributed by atoms with Gasteiger partial charge in [0.05, 0.1) is 19.2 Å². The van der Waals surface area contributed by atoms with E-state index in [9.17, 15) is 14.4 Å². The highest BCUT2D eigenvalue weighted by atomic mass is 16.5. The minimum atomic E-state index is -0.578. The normalized spacial score (nSPS) is 10.8. The highest BCUT2D eigenvalue weighted by Gasteiger charge is 2.17. The highest BCUT2D eigenvalue weighted by Crippen LogP contribution is 2.14. The summed E-state index contributed by atoms with van der Waals surface area (Å²) in [7, 11) is 1.56. The minimum Gasteiger partial charge on any atom is -0.497 e. The van der Waals surface area contributed by atoms with Gasteiger partial charge in [0.25, 0.3) is 5.56 Å². The van der Waals surface area contributed by atoms with E-state index in [4.69, 9.17) is 4.74 Å². The molecule has 0 aliphatic rings. The molecule has 0 spiro atoms. The lowest BCUT2D eigenvalue weighted by Gasteiger charge is -2.14. The van der Waals surface area contributed by atoms with E-state index in [1.165, 1.54) is 10.8 Å². The number of methoxy groups -OCH3 is 1. The van der Waals surface area contributed by atoms with Gasteiger partial charge in [-0.25, -0.2) is 9.78 Å². The van der Waals surface area contributed by atoms with Crippen molar-refractivity contribution in [2.45, 2.75) is 20.0 Å². The maximum atomic E-state index is 13.3. The summed E-state index contributed by atoms with van der Waals surface area (Å²) in [5, 5.41) is 2.83. The van der Waals surface area contributed by atoms with Crippen LogP contribution in [0.15, 0.2) is 76.4 Å². The maximum absolute atomic E-state index is 13.3. The molecule has 2 aromatic carbocycles. The number of hydrogen-bond acceptors (Lipinski definition) is 5. The number of nitrogens with zero attached hydrogens (tertiary/aromatic N) is 3. The van der Waals surface area contributed by atoms with E-state index < -0.39 is 11.2 Å². The molecule has 2 aromatic heterocycles. The zero-order valence-electron chi connectivity index (χ0n) is 17.7. The Morgan fingerprint density at radius 1 is 1.00 bits per heavy atom. The number of ether oxygens (including phenoxy) is 1. The summed E-state index contributed by atoms with van der Waals surface area (Å²) in [6.07, 6.45) is 1.49. The van der Waals surface area contributed by atoms with Gasteiger partial charge in [0.15, 0.2) is 5.52 Å². The van der Waals surface area contributed by atoms with Crippen molar-refractivity contribution >= 4 is 22.6 Å². The van der Waals surface area contributed by atoms with Gasteiger partial charge < -0.3 is 10.1 Å². The van der Waals surface area contributed by atoms with Crippen LogP contribution in [0.2, 0.25) is 0 Å². The van der Waals surface area contributed by atoms with Crippen LogP contribution >= 0.6 is 0 Å². The fraction of sp³-hybridized carbons (Fsp3) is 0.167. The Labute approximate surface area is 183 Å². The predicted molar refractivity (Wildman–Crippen MR) is 122 cm³/mol. The predicted octanol–water partition coefficient (Wildman–Crippen LogP) is 2.56. The van der Waals surface area contributed by atoms with E-state index in [-0.39, 0.29) is 24.5 Å². The molecule has 32 heavy (non-hydrogen) atoms. The summed E-state index contributed by atoms with van der Waals surface area (Å²) in [6.45, 7) is 1.68. The van der Waals surface area contributed by atoms with Crippen molar-refractivity contribution in [3.05, 3.63) is 98.8 Å². The van der Waals surface area contributed by atoms with Crippen LogP contribution in [0.1, 0.15) is 11.1 Å². The Morgan fingerprint density at radius 2 is 1.75 bits per heavy atom. The first-order chi connectivity index (χ1) is 15.5. The average Bonchev–Trinajstić information content (AvgIpc) is 2.81. The molecule has 0 bridgehead atoms. The fourth-order valence-corrected chi connectivity index (χ4v) is 3.50. The van der Waals surface area contributed by atoms with Gasteiger partial charge in [0, 0.05) is 11.9 Å². The Hall–Kier alpha value is -4.20. The number of amides is 1. The van der Waals surface area contributed by atoms with Crippen LogP contribution in [0.25, 0.3) is 11.0 Å². The number of carbonyl (C=O) groups is 1. The smallest absolute Gasteiger partial charge is 0.332 e. The van der Waals surface area contributed by atoms with Gasteiger partial charge in [-0.15, -0.1) is 0 Å². The Balaban J connectivity index is 1.74. The van der Waals surface area contributed by atoms with Gasteiger partial charge in [-0.05, 0) is 48.4 Å². The number of anilines is 1. The van der Waals surface area contributed by atoms with Crippen molar-refractivity contribution in [1.29, 1.82) is 0 Å². The lowest BCUT2D eigenvalue weighted by molar-refractivity contribution is -0.116. The molecule has 4 aromatic rings. The molecule has 0 unspecified atom stereocenters. The number of carbonyl (C=O) groups excluding carboxylic acids is 1. The fourth-order valence-electron chi connectivity index (χ4n) is 3.50. The molecule has 0 fully saturated rings. The van der Waals surface area contributed by atoms with Crippen molar-refractivity contribution in [3.63, 3.8) is 0 Å². The summed E-state index contributed by atoms with van der Waals surface area (Å²) >= 11 is 0. The maximum Gasteiger partial charge on any atom is 0.332 e. The lowest BCUT2D eigenvalue weighted by Crippen LogP contribution is -2.42. The summed E-state index contributed by atoms with van der Waals surface area (Å²) < 4.78 is 7.53. The van der Waals surface area contributed by atoms with Crippen LogP contribution in [-0.2, 0) is 17.9 Å². The van der Waals surface area contributed by atoms with E-state index >= 15 is 0 Å². The van der Waals surface area contributed by atoms with Crippen LogP contribution < -0.4 is 21.3 Å². The summed E-state index contributed by atoms with van der Waals surface area (Å²) in [4.78, 5) is 43.2. The van der Waals surface area contributed by atoms with Gasteiger partial charge in [-0.2, -0.15) is 0 Å². The number of pyridine rings is 1. The van der Waals surface area contributed by atoms with Crippen molar-refractivity contribution < 1.29 is 9.53 Å².